The number of unbranched alkanes of at least 4 members (excludes halogenated alkanes) is 1. The summed E-state index contributed by atoms with van der Waals surface area (Å²) in [6.07, 6.45) is 6.25. The maximum atomic E-state index is 11.9. The fraction of sp³-hybridized carbons (Fsp3) is 0.500. The molecule has 0 radical (unpaired) electrons. The van der Waals surface area contributed by atoms with Crippen molar-refractivity contribution < 1.29 is 34.5 Å². The van der Waals surface area contributed by atoms with Crippen LogP contribution < -0.4 is 4.74 Å². The number of aliphatic carboxylic acids is 1. The van der Waals surface area contributed by atoms with E-state index in [-0.39, 0.29) is 29.4 Å². The van der Waals surface area contributed by atoms with Crippen molar-refractivity contribution >= 4 is 11.9 Å². The Morgan fingerprint density at radius 1 is 1.27 bits per heavy atom. The van der Waals surface area contributed by atoms with Crippen molar-refractivity contribution in [3.8, 4) is 11.5 Å². The Hall–Kier alpha value is -3.36. The average Bonchev–Trinajstić information content (AvgIpc) is 2.70. The highest BCUT2D eigenvalue weighted by atomic mass is 16.9. The van der Waals surface area contributed by atoms with Crippen LogP contribution in [-0.2, 0) is 20.8 Å². The van der Waals surface area contributed by atoms with Crippen LogP contribution in [0.25, 0.3) is 0 Å². The van der Waals surface area contributed by atoms with Crippen LogP contribution in [0.3, 0.4) is 0 Å². The summed E-state index contributed by atoms with van der Waals surface area (Å²) in [4.78, 5) is 37.3. The number of carboxylic acids is 1. The lowest BCUT2D eigenvalue weighted by Gasteiger charge is -2.59. The molecule has 33 heavy (non-hydrogen) atoms. The van der Waals surface area contributed by atoms with Crippen molar-refractivity contribution in [1.82, 2.24) is 0 Å². The van der Waals surface area contributed by atoms with Gasteiger partial charge in [0.1, 0.15) is 11.5 Å². The van der Waals surface area contributed by atoms with Crippen LogP contribution in [0.4, 0.5) is 0 Å². The lowest BCUT2D eigenvalue weighted by atomic mass is 9.45. The number of carbonyl (C=O) groups is 2. The smallest absolute Gasteiger partial charge is 0.336 e. The number of fused-ring (bicyclic) bond motifs is 1. The molecule has 2 bridgehead atoms. The van der Waals surface area contributed by atoms with Crippen molar-refractivity contribution in [1.29, 1.82) is 0 Å². The summed E-state index contributed by atoms with van der Waals surface area (Å²) in [6, 6.07) is 3.05. The number of esters is 1. The molecule has 4 rings (SSSR count). The number of nitrogens with zero attached hydrogens (tertiary/aromatic N) is 1. The van der Waals surface area contributed by atoms with Crippen LogP contribution in [0.15, 0.2) is 35.9 Å². The summed E-state index contributed by atoms with van der Waals surface area (Å²) >= 11 is 0. The van der Waals surface area contributed by atoms with Gasteiger partial charge in [-0.1, -0.05) is 25.5 Å². The van der Waals surface area contributed by atoms with Gasteiger partial charge in [0.05, 0.1) is 6.61 Å². The highest BCUT2D eigenvalue weighted by Crippen LogP contribution is 2.64. The van der Waals surface area contributed by atoms with Crippen molar-refractivity contribution in [3.05, 3.63) is 57.2 Å². The van der Waals surface area contributed by atoms with E-state index in [9.17, 15) is 24.8 Å². The Morgan fingerprint density at radius 2 is 2.00 bits per heavy atom. The van der Waals surface area contributed by atoms with Crippen LogP contribution in [0, 0.1) is 27.4 Å². The van der Waals surface area contributed by atoms with Gasteiger partial charge in [-0.2, -0.15) is 0 Å². The van der Waals surface area contributed by atoms with Gasteiger partial charge in [0.15, 0.2) is 0 Å². The number of carbonyl (C=O) groups excluding carboxylic acids is 1. The fourth-order valence-corrected chi connectivity index (χ4v) is 5.31. The Bertz CT molecular complexity index is 1010. The van der Waals surface area contributed by atoms with Crippen LogP contribution in [0.5, 0.6) is 11.5 Å². The van der Waals surface area contributed by atoms with Gasteiger partial charge in [-0.15, -0.1) is 10.1 Å². The number of allylic oxidation sites excluding steroid dienone is 2. The Labute approximate surface area is 191 Å². The second kappa shape index (κ2) is 9.64. The molecular weight excluding hydrogens is 430 g/mol. The number of hydrogen-bond donors (Lipinski definition) is 2. The molecule has 1 aromatic rings. The molecule has 1 aromatic carbocycles. The number of ether oxygens (including phenoxy) is 1. The van der Waals surface area contributed by atoms with Crippen molar-refractivity contribution in [2.45, 2.75) is 52.4 Å². The molecule has 3 aliphatic carbocycles. The number of phenols is 1. The molecule has 3 aliphatic rings. The quantitative estimate of drug-likeness (QED) is 0.101. The molecule has 0 aliphatic heterocycles. The first kappa shape index (κ1) is 24.3. The number of carboxylic acid groups (broad SMARTS) is 1. The molecule has 0 amide bonds. The molecule has 3 atom stereocenters. The summed E-state index contributed by atoms with van der Waals surface area (Å²) in [5.41, 5.74) is 2.98. The molecular formula is C24H29NO8. The van der Waals surface area contributed by atoms with E-state index in [0.717, 1.165) is 23.6 Å². The van der Waals surface area contributed by atoms with E-state index in [1.54, 1.807) is 6.07 Å². The zero-order chi connectivity index (χ0) is 24.3. The minimum atomic E-state index is -1.27. The van der Waals surface area contributed by atoms with Gasteiger partial charge in [0, 0.05) is 29.7 Å². The third-order valence-electron chi connectivity index (χ3n) is 6.94. The molecule has 0 heterocycles. The van der Waals surface area contributed by atoms with Crippen LogP contribution >= 0.6 is 0 Å². The summed E-state index contributed by atoms with van der Waals surface area (Å²) < 4.78 is 5.21. The summed E-state index contributed by atoms with van der Waals surface area (Å²) in [5.74, 6) is -1.13. The predicted molar refractivity (Wildman–Crippen MR) is 118 cm³/mol. The molecule has 0 aromatic heterocycles. The zero-order valence-corrected chi connectivity index (χ0v) is 18.9. The molecule has 1 fully saturated rings. The largest absolute Gasteiger partial charge is 0.507 e. The van der Waals surface area contributed by atoms with Gasteiger partial charge in [-0.25, -0.2) is 9.59 Å². The van der Waals surface area contributed by atoms with Gasteiger partial charge in [0.25, 0.3) is 5.09 Å². The Balaban J connectivity index is 1.89. The maximum Gasteiger partial charge on any atom is 0.336 e. The van der Waals surface area contributed by atoms with E-state index in [0.29, 0.717) is 37.2 Å². The van der Waals surface area contributed by atoms with Crippen LogP contribution in [0.1, 0.15) is 57.1 Å². The van der Waals surface area contributed by atoms with E-state index in [1.165, 1.54) is 11.6 Å². The normalized spacial score (nSPS) is 22.9. The van der Waals surface area contributed by atoms with Gasteiger partial charge >= 0.3 is 11.9 Å². The number of phenolic OH excluding ortho intramolecular Hbond substituents is 1. The maximum absolute atomic E-state index is 11.9. The number of rotatable bonds is 10. The van der Waals surface area contributed by atoms with E-state index < -0.39 is 17.0 Å². The minimum Gasteiger partial charge on any atom is -0.507 e. The molecule has 0 spiro atoms. The summed E-state index contributed by atoms with van der Waals surface area (Å²) in [7, 11) is 0. The van der Waals surface area contributed by atoms with E-state index >= 15 is 0 Å². The second-order valence-electron chi connectivity index (χ2n) is 9.27. The first-order valence-corrected chi connectivity index (χ1v) is 10.9. The van der Waals surface area contributed by atoms with Gasteiger partial charge in [0.2, 0.25) is 0 Å². The average molecular weight is 459 g/mol. The molecule has 178 valence electrons. The first-order chi connectivity index (χ1) is 15.5. The minimum absolute atomic E-state index is 0.00619. The highest BCUT2D eigenvalue weighted by molar-refractivity contribution is 5.91. The monoisotopic (exact) mass is 459 g/mol. The SMILES string of the molecule is CC1=C[C@H](c2c(O)cc(OC(=O)C=CC(=O)O)cc2CCCCO[N+](=O)[O-])[C@H]2C[C@@H]1C2(C)C. The number of aryl methyl sites for hydroxylation is 1. The van der Waals surface area contributed by atoms with Gasteiger partial charge in [-0.3, -0.25) is 0 Å². The van der Waals surface area contributed by atoms with Crippen LogP contribution in [-0.4, -0.2) is 33.8 Å². The zero-order valence-electron chi connectivity index (χ0n) is 18.9. The van der Waals surface area contributed by atoms with Crippen molar-refractivity contribution in [2.75, 3.05) is 6.61 Å². The fourth-order valence-electron chi connectivity index (χ4n) is 5.31. The lowest BCUT2D eigenvalue weighted by Crippen LogP contribution is -2.50. The molecule has 9 nitrogen and oxygen atoms in total. The summed E-state index contributed by atoms with van der Waals surface area (Å²) in [5, 5.41) is 29.2. The van der Waals surface area contributed by atoms with Crippen molar-refractivity contribution in [2.24, 2.45) is 17.3 Å². The third kappa shape index (κ3) is 5.35. The molecule has 0 saturated heterocycles. The topological polar surface area (TPSA) is 136 Å². The third-order valence-corrected chi connectivity index (χ3v) is 6.94. The van der Waals surface area contributed by atoms with E-state index in [4.69, 9.17) is 9.84 Å². The Kier molecular flexibility index (Phi) is 7.09. The Morgan fingerprint density at radius 3 is 2.61 bits per heavy atom. The standard InChI is InChI=1S/C24H29NO8/c1-14-10-17(19-13-18(14)24(19,2)3)23-15(6-4-5-9-32-25(30)31)11-16(12-20(23)26)33-22(29)8-7-21(27)28/h7-8,10-12,17-19,26H,4-6,9,13H2,1-3H3,(H,27,28)/t17-,18-,19+/m0/s1. The molecule has 1 saturated carbocycles. The van der Waals surface area contributed by atoms with Gasteiger partial charge in [-0.05, 0) is 61.5 Å². The first-order valence-electron chi connectivity index (χ1n) is 10.9. The number of aromatic hydroxyl groups is 1. The van der Waals surface area contributed by atoms with Crippen LogP contribution in [0.2, 0.25) is 0 Å². The van der Waals surface area contributed by atoms with E-state index in [2.05, 4.69) is 31.7 Å². The number of hydrogen-bond acceptors (Lipinski definition) is 7. The lowest BCUT2D eigenvalue weighted by molar-refractivity contribution is -0.757. The molecule has 9 heteroatoms. The second-order valence-corrected chi connectivity index (χ2v) is 9.27. The van der Waals surface area contributed by atoms with E-state index in [1.807, 2.05) is 0 Å². The highest BCUT2D eigenvalue weighted by Gasteiger charge is 2.55. The van der Waals surface area contributed by atoms with Crippen molar-refractivity contribution in [3.63, 3.8) is 0 Å². The summed E-state index contributed by atoms with van der Waals surface area (Å²) in [6.45, 7) is 6.58. The molecule has 2 N–H and O–H groups in total. The number of benzene rings is 1. The predicted octanol–water partition coefficient (Wildman–Crippen LogP) is 4.18. The molecule has 0 unspecified atom stereocenters. The van der Waals surface area contributed by atoms with Gasteiger partial charge < -0.3 is 19.8 Å².